The molecule has 0 saturated heterocycles. The fourth-order valence-corrected chi connectivity index (χ4v) is 5.62. The average molecular weight is 511 g/mol. The van der Waals surface area contributed by atoms with Gasteiger partial charge in [-0.15, -0.1) is 0 Å². The Kier molecular flexibility index (Phi) is 5.10. The molecule has 0 aliphatic carbocycles. The van der Waals surface area contributed by atoms with Crippen molar-refractivity contribution in [3.8, 4) is 34.2 Å². The van der Waals surface area contributed by atoms with Crippen molar-refractivity contribution in [2.45, 2.75) is 0 Å². The van der Waals surface area contributed by atoms with Gasteiger partial charge in [-0.3, -0.25) is 4.98 Å². The second-order valence-corrected chi connectivity index (χ2v) is 9.96. The van der Waals surface area contributed by atoms with Crippen LogP contribution in [0.15, 0.2) is 134 Å². The van der Waals surface area contributed by atoms with Crippen LogP contribution in [0, 0.1) is 0 Å². The maximum atomic E-state index is 5.11. The highest BCUT2D eigenvalue weighted by atomic mass is 15.0. The fraction of sp³-hybridized carbons (Fsp3) is 0. The van der Waals surface area contributed by atoms with E-state index >= 15 is 0 Å². The number of nitrogens with zero attached hydrogens (tertiary/aromatic N) is 4. The van der Waals surface area contributed by atoms with E-state index in [0.717, 1.165) is 43.6 Å². The fourth-order valence-electron chi connectivity index (χ4n) is 5.62. The van der Waals surface area contributed by atoms with E-state index < -0.39 is 0 Å². The van der Waals surface area contributed by atoms with Gasteiger partial charge in [0, 0.05) is 34.5 Å². The topological polar surface area (TPSA) is 51.6 Å². The standard InChI is InChI=1S/C36H22N4/c1-2-9-24(10-3-1)34-38-35(27-15-14-23-8-4-5-11-25(23)20-27)40-36(39-34)32-21-26-12-6-7-13-29(26)33-30-18-19-37-22-28(30)16-17-31(32)33/h1-22H. The second-order valence-electron chi connectivity index (χ2n) is 9.96. The molecule has 0 amide bonds. The molecule has 0 aliphatic heterocycles. The lowest BCUT2D eigenvalue weighted by atomic mass is 9.93. The molecule has 0 atom stereocenters. The smallest absolute Gasteiger partial charge is 0.164 e. The Morgan fingerprint density at radius 1 is 0.400 bits per heavy atom. The summed E-state index contributed by atoms with van der Waals surface area (Å²) >= 11 is 0. The van der Waals surface area contributed by atoms with Crippen LogP contribution < -0.4 is 0 Å². The van der Waals surface area contributed by atoms with E-state index in [2.05, 4.69) is 96.0 Å². The van der Waals surface area contributed by atoms with Gasteiger partial charge in [0.25, 0.3) is 0 Å². The second kappa shape index (κ2) is 9.07. The maximum Gasteiger partial charge on any atom is 0.164 e. The number of fused-ring (bicyclic) bond motifs is 6. The highest BCUT2D eigenvalue weighted by Crippen LogP contribution is 2.38. The summed E-state index contributed by atoms with van der Waals surface area (Å²) < 4.78 is 0. The van der Waals surface area contributed by atoms with E-state index in [1.807, 2.05) is 42.7 Å². The average Bonchev–Trinajstić information content (AvgIpc) is 3.04. The van der Waals surface area contributed by atoms with Crippen molar-refractivity contribution in [2.24, 2.45) is 0 Å². The van der Waals surface area contributed by atoms with Crippen molar-refractivity contribution in [2.75, 3.05) is 0 Å². The Balaban J connectivity index is 1.45. The van der Waals surface area contributed by atoms with Crippen molar-refractivity contribution >= 4 is 43.1 Å². The van der Waals surface area contributed by atoms with Gasteiger partial charge >= 0.3 is 0 Å². The van der Waals surface area contributed by atoms with Crippen LogP contribution in [0.25, 0.3) is 77.3 Å². The van der Waals surface area contributed by atoms with Crippen LogP contribution in [-0.4, -0.2) is 19.9 Å². The van der Waals surface area contributed by atoms with Crippen LogP contribution in [0.3, 0.4) is 0 Å². The van der Waals surface area contributed by atoms with Gasteiger partial charge in [0.2, 0.25) is 0 Å². The Morgan fingerprint density at radius 2 is 1.07 bits per heavy atom. The molecule has 2 heterocycles. The monoisotopic (exact) mass is 510 g/mol. The van der Waals surface area contributed by atoms with Gasteiger partial charge in [-0.2, -0.15) is 0 Å². The summed E-state index contributed by atoms with van der Waals surface area (Å²) in [5.74, 6) is 1.96. The predicted octanol–water partition coefficient (Wildman–Crippen LogP) is 8.88. The molecule has 0 fully saturated rings. The lowest BCUT2D eigenvalue weighted by molar-refractivity contribution is 1.08. The van der Waals surface area contributed by atoms with E-state index in [4.69, 9.17) is 15.0 Å². The first kappa shape index (κ1) is 22.5. The summed E-state index contributed by atoms with van der Waals surface area (Å²) in [5.41, 5.74) is 2.89. The molecule has 0 aliphatic rings. The quantitative estimate of drug-likeness (QED) is 0.223. The first-order valence-electron chi connectivity index (χ1n) is 13.3. The molecule has 4 nitrogen and oxygen atoms in total. The Hall–Kier alpha value is -5.48. The van der Waals surface area contributed by atoms with Crippen molar-refractivity contribution in [3.63, 3.8) is 0 Å². The van der Waals surface area contributed by atoms with Gasteiger partial charge in [-0.05, 0) is 55.9 Å². The van der Waals surface area contributed by atoms with Crippen LogP contribution in [0.2, 0.25) is 0 Å². The molecule has 6 aromatic carbocycles. The van der Waals surface area contributed by atoms with Gasteiger partial charge in [-0.1, -0.05) is 103 Å². The van der Waals surface area contributed by atoms with Crippen LogP contribution in [0.5, 0.6) is 0 Å². The van der Waals surface area contributed by atoms with E-state index in [9.17, 15) is 0 Å². The summed E-state index contributed by atoms with van der Waals surface area (Å²) in [6, 6.07) is 42.0. The minimum atomic E-state index is 0.653. The summed E-state index contributed by atoms with van der Waals surface area (Å²) in [6.45, 7) is 0. The van der Waals surface area contributed by atoms with E-state index in [1.54, 1.807) is 0 Å². The molecular weight excluding hydrogens is 488 g/mol. The highest BCUT2D eigenvalue weighted by molar-refractivity contribution is 6.23. The minimum absolute atomic E-state index is 0.653. The van der Waals surface area contributed by atoms with Crippen LogP contribution in [0.4, 0.5) is 0 Å². The summed E-state index contributed by atoms with van der Waals surface area (Å²) in [4.78, 5) is 19.5. The SMILES string of the molecule is c1ccc(-c2nc(-c3ccc4ccccc4c3)nc(-c3cc4ccccc4c4c3ccc3cnccc34)n2)cc1. The van der Waals surface area contributed by atoms with Crippen LogP contribution >= 0.6 is 0 Å². The molecule has 0 spiro atoms. The molecule has 8 rings (SSSR count). The van der Waals surface area contributed by atoms with Gasteiger partial charge in [0.15, 0.2) is 17.5 Å². The van der Waals surface area contributed by atoms with Crippen LogP contribution in [-0.2, 0) is 0 Å². The van der Waals surface area contributed by atoms with Crippen molar-refractivity contribution in [1.82, 2.24) is 19.9 Å². The minimum Gasteiger partial charge on any atom is -0.264 e. The zero-order valence-corrected chi connectivity index (χ0v) is 21.5. The summed E-state index contributed by atoms with van der Waals surface area (Å²) in [6.07, 6.45) is 3.78. The Morgan fingerprint density at radius 3 is 1.95 bits per heavy atom. The number of pyridine rings is 1. The molecule has 186 valence electrons. The molecule has 8 aromatic rings. The van der Waals surface area contributed by atoms with Gasteiger partial charge in [0.05, 0.1) is 0 Å². The molecule has 2 aromatic heterocycles. The molecule has 0 radical (unpaired) electrons. The zero-order chi connectivity index (χ0) is 26.5. The third-order valence-electron chi connectivity index (χ3n) is 7.56. The first-order valence-corrected chi connectivity index (χ1v) is 13.3. The highest BCUT2D eigenvalue weighted by Gasteiger charge is 2.17. The lowest BCUT2D eigenvalue weighted by Crippen LogP contribution is -2.01. The number of hydrogen-bond donors (Lipinski definition) is 0. The lowest BCUT2D eigenvalue weighted by Gasteiger charge is -2.14. The third kappa shape index (κ3) is 3.69. The normalized spacial score (nSPS) is 11.5. The third-order valence-corrected chi connectivity index (χ3v) is 7.56. The number of hydrogen-bond acceptors (Lipinski definition) is 4. The molecule has 0 bridgehead atoms. The predicted molar refractivity (Wildman–Crippen MR) is 164 cm³/mol. The van der Waals surface area contributed by atoms with Gasteiger partial charge in [-0.25, -0.2) is 15.0 Å². The van der Waals surface area contributed by atoms with E-state index in [1.165, 1.54) is 16.2 Å². The van der Waals surface area contributed by atoms with E-state index in [0.29, 0.717) is 17.5 Å². The molecular formula is C36H22N4. The van der Waals surface area contributed by atoms with E-state index in [-0.39, 0.29) is 0 Å². The van der Waals surface area contributed by atoms with Crippen molar-refractivity contribution in [3.05, 3.63) is 134 Å². The zero-order valence-electron chi connectivity index (χ0n) is 21.5. The van der Waals surface area contributed by atoms with Crippen molar-refractivity contribution < 1.29 is 0 Å². The Labute approximate surface area is 230 Å². The first-order chi connectivity index (χ1) is 19.8. The molecule has 0 unspecified atom stereocenters. The summed E-state index contributed by atoms with van der Waals surface area (Å²) in [7, 11) is 0. The number of rotatable bonds is 3. The molecule has 0 saturated carbocycles. The van der Waals surface area contributed by atoms with Crippen LogP contribution in [0.1, 0.15) is 0 Å². The number of aromatic nitrogens is 4. The summed E-state index contributed by atoms with van der Waals surface area (Å²) in [5, 5.41) is 9.24. The largest absolute Gasteiger partial charge is 0.264 e. The maximum absolute atomic E-state index is 5.11. The number of benzene rings is 6. The van der Waals surface area contributed by atoms with Gasteiger partial charge in [0.1, 0.15) is 0 Å². The van der Waals surface area contributed by atoms with Crippen molar-refractivity contribution in [1.29, 1.82) is 0 Å². The molecule has 0 N–H and O–H groups in total. The Bertz CT molecular complexity index is 2210. The molecule has 40 heavy (non-hydrogen) atoms. The van der Waals surface area contributed by atoms with Gasteiger partial charge < -0.3 is 0 Å². The molecule has 4 heteroatoms.